The smallest absolute Gasteiger partial charge is 0.481 e. The molecule has 1 aromatic rings. The van der Waals surface area contributed by atoms with Crippen LogP contribution in [0.2, 0.25) is 0 Å². The van der Waals surface area contributed by atoms with Crippen molar-refractivity contribution in [2.24, 2.45) is 0 Å². The molecule has 0 heterocycles. The zero-order chi connectivity index (χ0) is 14.6. The largest absolute Gasteiger partial charge is 0.573 e. The molecule has 0 bridgehead atoms. The predicted octanol–water partition coefficient (Wildman–Crippen LogP) is 2.81. The van der Waals surface area contributed by atoms with Gasteiger partial charge in [-0.3, -0.25) is 4.79 Å². The lowest BCUT2D eigenvalue weighted by atomic mass is 10.1. The number of ether oxygens (including phenoxy) is 2. The Bertz CT molecular complexity index is 458. The van der Waals surface area contributed by atoms with Gasteiger partial charge in [0.2, 0.25) is 0 Å². The van der Waals surface area contributed by atoms with Gasteiger partial charge in [0, 0.05) is 11.6 Å². The molecule has 4 nitrogen and oxygen atoms in total. The third-order valence-corrected chi connectivity index (χ3v) is 1.83. The summed E-state index contributed by atoms with van der Waals surface area (Å²) < 4.78 is 67.6. The molecule has 0 atom stereocenters. The Balaban J connectivity index is 3.06. The normalized spacial score (nSPS) is 11.5. The molecule has 0 aliphatic rings. The van der Waals surface area contributed by atoms with Crippen molar-refractivity contribution >= 4 is 5.97 Å². The molecule has 1 aromatic carbocycles. The van der Waals surface area contributed by atoms with E-state index in [4.69, 9.17) is 5.11 Å². The quantitative estimate of drug-likeness (QED) is 0.846. The Kier molecular flexibility index (Phi) is 4.52. The summed E-state index contributed by atoms with van der Waals surface area (Å²) in [5.41, 5.74) is -0.313. The second-order valence-electron chi connectivity index (χ2n) is 3.27. The van der Waals surface area contributed by atoms with Crippen LogP contribution in [-0.4, -0.2) is 24.0 Å². The minimum absolute atomic E-state index is 0.313. The van der Waals surface area contributed by atoms with E-state index in [0.29, 0.717) is 6.07 Å². The van der Waals surface area contributed by atoms with E-state index in [0.717, 1.165) is 12.1 Å². The lowest BCUT2D eigenvalue weighted by Crippen LogP contribution is -2.19. The van der Waals surface area contributed by atoms with E-state index < -0.39 is 36.9 Å². The van der Waals surface area contributed by atoms with Crippen LogP contribution in [0.15, 0.2) is 18.2 Å². The van der Waals surface area contributed by atoms with Crippen molar-refractivity contribution in [1.29, 1.82) is 0 Å². The van der Waals surface area contributed by atoms with Crippen molar-refractivity contribution in [3.05, 3.63) is 23.8 Å². The van der Waals surface area contributed by atoms with Gasteiger partial charge >= 0.3 is 18.9 Å². The average molecular weight is 286 g/mol. The topological polar surface area (TPSA) is 55.8 Å². The van der Waals surface area contributed by atoms with Crippen molar-refractivity contribution < 1.29 is 41.3 Å². The number of hydrogen-bond donors (Lipinski definition) is 1. The maximum Gasteiger partial charge on any atom is 0.573 e. The van der Waals surface area contributed by atoms with Crippen LogP contribution in [-0.2, 0) is 11.2 Å². The molecule has 1 rings (SSSR count). The molecule has 0 fully saturated rings. The number of alkyl halides is 5. The zero-order valence-electron chi connectivity index (χ0n) is 9.08. The highest BCUT2D eigenvalue weighted by atomic mass is 19.4. The Morgan fingerprint density at radius 2 is 1.95 bits per heavy atom. The molecule has 0 aromatic heterocycles. The second kappa shape index (κ2) is 5.72. The molecule has 0 unspecified atom stereocenters. The number of aliphatic carboxylic acids is 1. The summed E-state index contributed by atoms with van der Waals surface area (Å²) in [5, 5.41) is 8.52. The van der Waals surface area contributed by atoms with Gasteiger partial charge in [0.25, 0.3) is 0 Å². The van der Waals surface area contributed by atoms with E-state index in [-0.39, 0.29) is 5.56 Å². The minimum Gasteiger partial charge on any atom is -0.481 e. The molecule has 0 saturated heterocycles. The number of benzene rings is 1. The monoisotopic (exact) mass is 286 g/mol. The van der Waals surface area contributed by atoms with E-state index in [9.17, 15) is 26.7 Å². The molecule has 9 heteroatoms. The highest BCUT2D eigenvalue weighted by molar-refractivity contribution is 5.71. The summed E-state index contributed by atoms with van der Waals surface area (Å²) in [7, 11) is 0. The van der Waals surface area contributed by atoms with Crippen LogP contribution in [0, 0.1) is 0 Å². The Hall–Kier alpha value is -2.06. The summed E-state index contributed by atoms with van der Waals surface area (Å²) in [6.07, 6.45) is -5.82. The first-order chi connectivity index (χ1) is 8.67. The second-order valence-corrected chi connectivity index (χ2v) is 3.27. The molecule has 0 aliphatic carbocycles. The van der Waals surface area contributed by atoms with Crippen LogP contribution < -0.4 is 9.47 Å². The van der Waals surface area contributed by atoms with Gasteiger partial charge in [-0.05, 0) is 6.07 Å². The first-order valence-electron chi connectivity index (χ1n) is 4.72. The molecule has 0 saturated carbocycles. The van der Waals surface area contributed by atoms with E-state index in [2.05, 4.69) is 9.47 Å². The fraction of sp³-hybridized carbons (Fsp3) is 0.300. The van der Waals surface area contributed by atoms with Crippen LogP contribution in [0.5, 0.6) is 11.5 Å². The SMILES string of the molecule is O=C(O)Cc1ccc(OC(F)F)cc1OC(F)(F)F. The average Bonchev–Trinajstić information content (AvgIpc) is 2.18. The summed E-state index contributed by atoms with van der Waals surface area (Å²) in [4.78, 5) is 10.5. The van der Waals surface area contributed by atoms with Gasteiger partial charge in [-0.25, -0.2) is 0 Å². The van der Waals surface area contributed by atoms with Crippen LogP contribution in [0.25, 0.3) is 0 Å². The summed E-state index contributed by atoms with van der Waals surface area (Å²) in [5.74, 6) is -2.86. The van der Waals surface area contributed by atoms with Gasteiger partial charge in [-0.15, -0.1) is 13.2 Å². The highest BCUT2D eigenvalue weighted by Gasteiger charge is 2.32. The van der Waals surface area contributed by atoms with Crippen molar-refractivity contribution in [1.82, 2.24) is 0 Å². The Morgan fingerprint density at radius 1 is 1.32 bits per heavy atom. The molecule has 0 radical (unpaired) electrons. The van der Waals surface area contributed by atoms with Crippen molar-refractivity contribution in [2.75, 3.05) is 0 Å². The van der Waals surface area contributed by atoms with E-state index in [1.807, 2.05) is 0 Å². The van der Waals surface area contributed by atoms with Crippen LogP contribution in [0.4, 0.5) is 22.0 Å². The standard InChI is InChI=1S/C10H7F5O4/c11-9(12)18-6-2-1-5(3-8(16)17)7(4-6)19-10(13,14)15/h1-2,4,9H,3H2,(H,16,17). The fourth-order valence-electron chi connectivity index (χ4n) is 1.24. The van der Waals surface area contributed by atoms with E-state index >= 15 is 0 Å². The molecule has 0 amide bonds. The van der Waals surface area contributed by atoms with Crippen molar-refractivity contribution in [3.8, 4) is 11.5 Å². The minimum atomic E-state index is -5.07. The molecule has 106 valence electrons. The van der Waals surface area contributed by atoms with Gasteiger partial charge in [0.05, 0.1) is 6.42 Å². The summed E-state index contributed by atoms with van der Waals surface area (Å²) in [6, 6.07) is 2.39. The molecule has 0 aliphatic heterocycles. The molecule has 0 spiro atoms. The first-order valence-corrected chi connectivity index (χ1v) is 4.72. The van der Waals surface area contributed by atoms with Gasteiger partial charge in [-0.2, -0.15) is 8.78 Å². The highest BCUT2D eigenvalue weighted by Crippen LogP contribution is 2.31. The van der Waals surface area contributed by atoms with E-state index in [1.54, 1.807) is 0 Å². The van der Waals surface area contributed by atoms with Gasteiger partial charge in [0.15, 0.2) is 0 Å². The number of carbonyl (C=O) groups is 1. The number of carboxylic acids is 1. The van der Waals surface area contributed by atoms with E-state index in [1.165, 1.54) is 0 Å². The zero-order valence-corrected chi connectivity index (χ0v) is 9.08. The summed E-state index contributed by atoms with van der Waals surface area (Å²) in [6.45, 7) is -3.22. The molecular formula is C10H7F5O4. The van der Waals surface area contributed by atoms with Gasteiger partial charge < -0.3 is 14.6 Å². The number of halogens is 5. The van der Waals surface area contributed by atoms with Crippen LogP contribution in [0.3, 0.4) is 0 Å². The Labute approximate surface area is 103 Å². The third kappa shape index (κ3) is 5.40. The molecular weight excluding hydrogens is 279 g/mol. The van der Waals surface area contributed by atoms with Crippen LogP contribution >= 0.6 is 0 Å². The predicted molar refractivity (Wildman–Crippen MR) is 51.1 cm³/mol. The number of carboxylic acid groups (broad SMARTS) is 1. The maximum absolute atomic E-state index is 12.1. The van der Waals surface area contributed by atoms with Crippen LogP contribution in [0.1, 0.15) is 5.56 Å². The molecule has 1 N–H and O–H groups in total. The molecule has 19 heavy (non-hydrogen) atoms. The first kappa shape index (κ1) is 15.0. The fourth-order valence-corrected chi connectivity index (χ4v) is 1.24. The Morgan fingerprint density at radius 3 is 2.42 bits per heavy atom. The van der Waals surface area contributed by atoms with Gasteiger partial charge in [0.1, 0.15) is 11.5 Å². The van der Waals surface area contributed by atoms with Crippen molar-refractivity contribution in [2.45, 2.75) is 19.4 Å². The lowest BCUT2D eigenvalue weighted by molar-refractivity contribution is -0.275. The van der Waals surface area contributed by atoms with Crippen molar-refractivity contribution in [3.63, 3.8) is 0 Å². The number of hydrogen-bond acceptors (Lipinski definition) is 3. The van der Waals surface area contributed by atoms with Gasteiger partial charge in [-0.1, -0.05) is 6.07 Å². The number of rotatable bonds is 5. The third-order valence-electron chi connectivity index (χ3n) is 1.83. The summed E-state index contributed by atoms with van der Waals surface area (Å²) >= 11 is 0. The lowest BCUT2D eigenvalue weighted by Gasteiger charge is -2.14. The maximum atomic E-state index is 12.1.